The molecule has 5 nitrogen and oxygen atoms in total. The summed E-state index contributed by atoms with van der Waals surface area (Å²) in [4.78, 5) is 11.5. The highest BCUT2D eigenvalue weighted by Gasteiger charge is 2.13. The third-order valence-corrected chi connectivity index (χ3v) is 2.06. The molecule has 0 aromatic rings. The lowest BCUT2D eigenvalue weighted by Crippen LogP contribution is -2.42. The van der Waals surface area contributed by atoms with Crippen molar-refractivity contribution in [3.8, 4) is 0 Å². The first-order chi connectivity index (χ1) is 8.39. The second-order valence-corrected chi connectivity index (χ2v) is 5.09. The lowest BCUT2D eigenvalue weighted by molar-refractivity contribution is -0.133. The van der Waals surface area contributed by atoms with Crippen LogP contribution >= 0.6 is 0 Å². The molecule has 0 aliphatic rings. The lowest BCUT2D eigenvalue weighted by Gasteiger charge is -2.21. The summed E-state index contributed by atoms with van der Waals surface area (Å²) in [5.74, 6) is 0.0550. The molecule has 0 bridgehead atoms. The predicted octanol–water partition coefficient (Wildman–Crippen LogP) is 1.28. The summed E-state index contributed by atoms with van der Waals surface area (Å²) < 4.78 is 10.8. The predicted molar refractivity (Wildman–Crippen MR) is 72.4 cm³/mol. The molecule has 0 heterocycles. The smallest absolute Gasteiger partial charge is 0.221 e. The Morgan fingerprint density at radius 2 is 1.72 bits per heavy atom. The molecule has 2 N–H and O–H groups in total. The standard InChI is InChI=1S/C13H28N2O3/c1-6-17-12(18-7-2)10-14-9-8-11(16)15-13(3,4)5/h12,14H,6-10H2,1-5H3,(H,15,16). The molecular weight excluding hydrogens is 232 g/mol. The average Bonchev–Trinajstić information content (AvgIpc) is 2.22. The number of ether oxygens (including phenoxy) is 2. The molecule has 0 aromatic heterocycles. The number of carbonyl (C=O) groups excluding carboxylic acids is 1. The van der Waals surface area contributed by atoms with Crippen LogP contribution in [-0.4, -0.2) is 44.0 Å². The van der Waals surface area contributed by atoms with Crippen molar-refractivity contribution in [2.75, 3.05) is 26.3 Å². The largest absolute Gasteiger partial charge is 0.352 e. The monoisotopic (exact) mass is 260 g/mol. The first-order valence-corrected chi connectivity index (χ1v) is 6.64. The van der Waals surface area contributed by atoms with Gasteiger partial charge in [0.05, 0.1) is 0 Å². The third kappa shape index (κ3) is 10.5. The molecular formula is C13H28N2O3. The molecule has 0 aliphatic heterocycles. The number of amides is 1. The highest BCUT2D eigenvalue weighted by Crippen LogP contribution is 1.99. The van der Waals surface area contributed by atoms with Crippen LogP contribution in [0.4, 0.5) is 0 Å². The van der Waals surface area contributed by atoms with Gasteiger partial charge in [-0.25, -0.2) is 0 Å². The van der Waals surface area contributed by atoms with E-state index >= 15 is 0 Å². The minimum Gasteiger partial charge on any atom is -0.352 e. The fourth-order valence-corrected chi connectivity index (χ4v) is 1.44. The Morgan fingerprint density at radius 3 is 2.17 bits per heavy atom. The Kier molecular flexibility index (Phi) is 8.97. The molecule has 0 spiro atoms. The summed E-state index contributed by atoms with van der Waals surface area (Å²) in [6.07, 6.45) is 0.230. The van der Waals surface area contributed by atoms with Gasteiger partial charge in [-0.2, -0.15) is 0 Å². The van der Waals surface area contributed by atoms with Crippen LogP contribution in [0.15, 0.2) is 0 Å². The van der Waals surface area contributed by atoms with Crippen LogP contribution in [0.3, 0.4) is 0 Å². The van der Waals surface area contributed by atoms with Crippen LogP contribution in [0.2, 0.25) is 0 Å². The van der Waals surface area contributed by atoms with Gasteiger partial charge in [0.1, 0.15) is 0 Å². The summed E-state index contributed by atoms with van der Waals surface area (Å²) in [5.41, 5.74) is -0.170. The first-order valence-electron chi connectivity index (χ1n) is 6.64. The second-order valence-electron chi connectivity index (χ2n) is 5.09. The lowest BCUT2D eigenvalue weighted by atomic mass is 10.1. The minimum absolute atomic E-state index is 0.0550. The normalized spacial score (nSPS) is 11.9. The van der Waals surface area contributed by atoms with E-state index in [4.69, 9.17) is 9.47 Å². The molecule has 0 fully saturated rings. The van der Waals surface area contributed by atoms with E-state index in [9.17, 15) is 4.79 Å². The Balaban J connectivity index is 3.67. The third-order valence-electron chi connectivity index (χ3n) is 2.06. The molecule has 0 unspecified atom stereocenters. The minimum atomic E-state index is -0.231. The number of hydrogen-bond donors (Lipinski definition) is 2. The van der Waals surface area contributed by atoms with E-state index in [1.807, 2.05) is 34.6 Å². The van der Waals surface area contributed by atoms with E-state index in [1.165, 1.54) is 0 Å². The average molecular weight is 260 g/mol. The molecule has 108 valence electrons. The van der Waals surface area contributed by atoms with E-state index in [2.05, 4.69) is 10.6 Å². The van der Waals surface area contributed by atoms with Gasteiger partial charge in [0.25, 0.3) is 0 Å². The van der Waals surface area contributed by atoms with Crippen LogP contribution in [0.1, 0.15) is 41.0 Å². The molecule has 0 saturated carbocycles. The van der Waals surface area contributed by atoms with Crippen molar-refractivity contribution < 1.29 is 14.3 Å². The number of rotatable bonds is 9. The van der Waals surface area contributed by atoms with Gasteiger partial charge in [-0.3, -0.25) is 4.79 Å². The summed E-state index contributed by atoms with van der Waals surface area (Å²) in [6, 6.07) is 0. The van der Waals surface area contributed by atoms with E-state index in [0.717, 1.165) is 0 Å². The van der Waals surface area contributed by atoms with Crippen molar-refractivity contribution in [1.82, 2.24) is 10.6 Å². The molecule has 5 heteroatoms. The van der Waals surface area contributed by atoms with Crippen LogP contribution in [0.5, 0.6) is 0 Å². The van der Waals surface area contributed by atoms with Gasteiger partial charge in [-0.05, 0) is 34.6 Å². The molecule has 0 saturated heterocycles. The molecule has 18 heavy (non-hydrogen) atoms. The Bertz CT molecular complexity index is 221. The number of hydrogen-bond acceptors (Lipinski definition) is 4. The highest BCUT2D eigenvalue weighted by molar-refractivity contribution is 5.76. The summed E-state index contributed by atoms with van der Waals surface area (Å²) in [5, 5.41) is 6.08. The highest BCUT2D eigenvalue weighted by atomic mass is 16.7. The van der Waals surface area contributed by atoms with Crippen molar-refractivity contribution in [1.29, 1.82) is 0 Å². The van der Waals surface area contributed by atoms with Crippen molar-refractivity contribution in [2.24, 2.45) is 0 Å². The van der Waals surface area contributed by atoms with E-state index in [1.54, 1.807) is 0 Å². The molecule has 0 aromatic carbocycles. The van der Waals surface area contributed by atoms with Crippen LogP contribution in [-0.2, 0) is 14.3 Å². The molecule has 0 rings (SSSR count). The van der Waals surface area contributed by atoms with Crippen LogP contribution in [0, 0.1) is 0 Å². The summed E-state index contributed by atoms with van der Waals surface area (Å²) in [6.45, 7) is 12.2. The quantitative estimate of drug-likeness (QED) is 0.484. The van der Waals surface area contributed by atoms with Crippen molar-refractivity contribution >= 4 is 5.91 Å². The zero-order chi connectivity index (χ0) is 14.0. The van der Waals surface area contributed by atoms with E-state index in [0.29, 0.717) is 32.7 Å². The molecule has 0 atom stereocenters. The zero-order valence-corrected chi connectivity index (χ0v) is 12.3. The van der Waals surface area contributed by atoms with E-state index in [-0.39, 0.29) is 17.7 Å². The summed E-state index contributed by atoms with van der Waals surface area (Å²) in [7, 11) is 0. The molecule has 0 radical (unpaired) electrons. The Morgan fingerprint density at radius 1 is 1.17 bits per heavy atom. The SMILES string of the molecule is CCOC(CNCCC(=O)NC(C)(C)C)OCC. The fourth-order valence-electron chi connectivity index (χ4n) is 1.44. The Labute approximate surface area is 111 Å². The number of nitrogens with one attached hydrogen (secondary N) is 2. The van der Waals surface area contributed by atoms with Gasteiger partial charge in [-0.1, -0.05) is 0 Å². The Hall–Kier alpha value is -0.650. The van der Waals surface area contributed by atoms with E-state index < -0.39 is 0 Å². The topological polar surface area (TPSA) is 59.6 Å². The molecule has 1 amide bonds. The maximum atomic E-state index is 11.5. The van der Waals surface area contributed by atoms with Crippen LogP contribution < -0.4 is 10.6 Å². The van der Waals surface area contributed by atoms with Gasteiger partial charge in [0, 0.05) is 38.3 Å². The van der Waals surface area contributed by atoms with Crippen molar-refractivity contribution in [3.63, 3.8) is 0 Å². The zero-order valence-electron chi connectivity index (χ0n) is 12.3. The maximum absolute atomic E-state index is 11.5. The number of carbonyl (C=O) groups is 1. The van der Waals surface area contributed by atoms with Crippen molar-refractivity contribution in [3.05, 3.63) is 0 Å². The maximum Gasteiger partial charge on any atom is 0.221 e. The fraction of sp³-hybridized carbons (Fsp3) is 0.923. The van der Waals surface area contributed by atoms with Gasteiger partial charge in [0.15, 0.2) is 6.29 Å². The van der Waals surface area contributed by atoms with Crippen molar-refractivity contribution in [2.45, 2.75) is 52.9 Å². The van der Waals surface area contributed by atoms with Gasteiger partial charge in [0.2, 0.25) is 5.91 Å². The first kappa shape index (κ1) is 17.4. The van der Waals surface area contributed by atoms with Gasteiger partial charge < -0.3 is 20.1 Å². The van der Waals surface area contributed by atoms with Gasteiger partial charge >= 0.3 is 0 Å². The van der Waals surface area contributed by atoms with Gasteiger partial charge in [-0.15, -0.1) is 0 Å². The van der Waals surface area contributed by atoms with Crippen LogP contribution in [0.25, 0.3) is 0 Å². The second kappa shape index (κ2) is 9.30. The molecule has 0 aliphatic carbocycles. The summed E-state index contributed by atoms with van der Waals surface area (Å²) >= 11 is 0.